The van der Waals surface area contributed by atoms with E-state index in [9.17, 15) is 4.79 Å². The van der Waals surface area contributed by atoms with Gasteiger partial charge in [-0.05, 0) is 38.7 Å². The number of hydrogen-bond donors (Lipinski definition) is 0. The molecule has 0 atom stereocenters. The zero-order chi connectivity index (χ0) is 14.2. The van der Waals surface area contributed by atoms with Gasteiger partial charge in [0.05, 0.1) is 12.7 Å². The minimum absolute atomic E-state index is 0.0749. The van der Waals surface area contributed by atoms with Crippen LogP contribution in [0.25, 0.3) is 0 Å². The van der Waals surface area contributed by atoms with E-state index in [4.69, 9.17) is 4.74 Å². The van der Waals surface area contributed by atoms with Gasteiger partial charge in [0.25, 0.3) is 0 Å². The lowest BCUT2D eigenvalue weighted by molar-refractivity contribution is 0.0713. The van der Waals surface area contributed by atoms with Gasteiger partial charge in [0.1, 0.15) is 0 Å². The van der Waals surface area contributed by atoms with Gasteiger partial charge in [-0.3, -0.25) is 4.79 Å². The molecule has 1 aliphatic rings. The number of aryl methyl sites for hydroxylation is 1. The first-order valence-electron chi connectivity index (χ1n) is 7.14. The van der Waals surface area contributed by atoms with Crippen molar-refractivity contribution in [2.45, 2.75) is 60.1 Å². The third-order valence-electron chi connectivity index (χ3n) is 3.77. The summed E-state index contributed by atoms with van der Waals surface area (Å²) in [5.41, 5.74) is 3.38. The molecule has 1 aromatic heterocycles. The number of ether oxygens (including phenoxy) is 1. The van der Waals surface area contributed by atoms with Gasteiger partial charge in [-0.15, -0.1) is 0 Å². The number of carbonyl (C=O) groups is 1. The molecule has 106 valence electrons. The number of rotatable bonds is 4. The molecule has 0 saturated heterocycles. The van der Waals surface area contributed by atoms with Crippen LogP contribution in [-0.4, -0.2) is 23.1 Å². The van der Waals surface area contributed by atoms with E-state index in [0.717, 1.165) is 18.5 Å². The number of nitrogens with zero attached hydrogens (tertiary/aromatic N) is 1. The predicted molar refractivity (Wildman–Crippen MR) is 76.7 cm³/mol. The number of Topliss-reactive ketones (excluding diaryl/α,β-unsaturated/α-hetero) is 1. The molecule has 0 N–H and O–H groups in total. The van der Waals surface area contributed by atoms with Crippen LogP contribution in [0.5, 0.6) is 0 Å². The van der Waals surface area contributed by atoms with Crippen LogP contribution in [0, 0.1) is 12.3 Å². The molecule has 1 aliphatic carbocycles. The Hall–Kier alpha value is -1.09. The van der Waals surface area contributed by atoms with Crippen LogP contribution in [0.4, 0.5) is 0 Å². The Kier molecular flexibility index (Phi) is 3.86. The average molecular weight is 263 g/mol. The molecule has 3 heteroatoms. The van der Waals surface area contributed by atoms with E-state index in [1.165, 1.54) is 11.4 Å². The summed E-state index contributed by atoms with van der Waals surface area (Å²) in [4.78, 5) is 12.2. The molecular formula is C16H25NO2. The zero-order valence-corrected chi connectivity index (χ0v) is 12.7. The van der Waals surface area contributed by atoms with Gasteiger partial charge in [-0.25, -0.2) is 0 Å². The largest absolute Gasteiger partial charge is 0.377 e. The van der Waals surface area contributed by atoms with Crippen LogP contribution in [0.2, 0.25) is 0 Å². The Balaban J connectivity index is 2.23. The summed E-state index contributed by atoms with van der Waals surface area (Å²) in [6.07, 6.45) is 1.89. The maximum absolute atomic E-state index is 12.2. The van der Waals surface area contributed by atoms with Crippen molar-refractivity contribution in [1.82, 2.24) is 4.57 Å². The van der Waals surface area contributed by atoms with Gasteiger partial charge in [0.2, 0.25) is 0 Å². The fourth-order valence-electron chi connectivity index (χ4n) is 2.90. The number of carbonyl (C=O) groups excluding carboxylic acids is 1. The molecular weight excluding hydrogens is 238 g/mol. The third-order valence-corrected chi connectivity index (χ3v) is 3.77. The number of aromatic nitrogens is 1. The molecule has 1 heterocycles. The van der Waals surface area contributed by atoms with Crippen LogP contribution in [0.15, 0.2) is 6.07 Å². The van der Waals surface area contributed by atoms with Gasteiger partial charge < -0.3 is 9.30 Å². The minimum atomic E-state index is 0.0749. The van der Waals surface area contributed by atoms with Crippen LogP contribution in [0.1, 0.15) is 55.9 Å². The van der Waals surface area contributed by atoms with E-state index in [2.05, 4.69) is 25.3 Å². The van der Waals surface area contributed by atoms with Crippen molar-refractivity contribution in [3.8, 4) is 0 Å². The molecule has 19 heavy (non-hydrogen) atoms. The fraction of sp³-hybridized carbons (Fsp3) is 0.688. The summed E-state index contributed by atoms with van der Waals surface area (Å²) < 4.78 is 7.89. The van der Waals surface area contributed by atoms with Gasteiger partial charge >= 0.3 is 0 Å². The molecule has 2 rings (SSSR count). The van der Waals surface area contributed by atoms with Gasteiger partial charge in [0.15, 0.2) is 5.78 Å². The van der Waals surface area contributed by atoms with E-state index < -0.39 is 0 Å². The SMILES string of the molecule is Cc1cc2c(n1CCOC(C)C)CC(C)(C)CC2=O. The van der Waals surface area contributed by atoms with Crippen molar-refractivity contribution in [2.75, 3.05) is 6.61 Å². The molecule has 0 radical (unpaired) electrons. The molecule has 0 fully saturated rings. The Morgan fingerprint density at radius 1 is 1.37 bits per heavy atom. The summed E-state index contributed by atoms with van der Waals surface area (Å²) >= 11 is 0. The van der Waals surface area contributed by atoms with E-state index >= 15 is 0 Å². The van der Waals surface area contributed by atoms with Crippen LogP contribution in [0.3, 0.4) is 0 Å². The second-order valence-electron chi connectivity index (χ2n) is 6.66. The van der Waals surface area contributed by atoms with Crippen molar-refractivity contribution in [1.29, 1.82) is 0 Å². The van der Waals surface area contributed by atoms with E-state index in [1.54, 1.807) is 0 Å². The highest BCUT2D eigenvalue weighted by Crippen LogP contribution is 2.36. The second kappa shape index (κ2) is 5.12. The maximum atomic E-state index is 12.2. The summed E-state index contributed by atoms with van der Waals surface area (Å²) in [6.45, 7) is 12.1. The number of hydrogen-bond acceptors (Lipinski definition) is 2. The molecule has 0 unspecified atom stereocenters. The molecule has 0 bridgehead atoms. The average Bonchev–Trinajstić information content (AvgIpc) is 2.55. The van der Waals surface area contributed by atoms with Gasteiger partial charge in [-0.1, -0.05) is 13.8 Å². The number of ketones is 1. The lowest BCUT2D eigenvalue weighted by Gasteiger charge is -2.30. The van der Waals surface area contributed by atoms with Crippen LogP contribution < -0.4 is 0 Å². The highest BCUT2D eigenvalue weighted by Gasteiger charge is 2.33. The highest BCUT2D eigenvalue weighted by atomic mass is 16.5. The predicted octanol–water partition coefficient (Wildman–Crippen LogP) is 3.38. The first kappa shape index (κ1) is 14.3. The summed E-state index contributed by atoms with van der Waals surface area (Å²) in [5.74, 6) is 0.290. The normalized spacial score (nSPS) is 17.9. The molecule has 0 aliphatic heterocycles. The monoisotopic (exact) mass is 263 g/mol. The van der Waals surface area contributed by atoms with Crippen LogP contribution >= 0.6 is 0 Å². The number of fused-ring (bicyclic) bond motifs is 1. The maximum Gasteiger partial charge on any atom is 0.165 e. The molecule has 0 spiro atoms. The van der Waals surface area contributed by atoms with Crippen molar-refractivity contribution < 1.29 is 9.53 Å². The Morgan fingerprint density at radius 2 is 2.05 bits per heavy atom. The van der Waals surface area contributed by atoms with Crippen LogP contribution in [-0.2, 0) is 17.7 Å². The fourth-order valence-corrected chi connectivity index (χ4v) is 2.90. The first-order chi connectivity index (χ1) is 8.80. The smallest absolute Gasteiger partial charge is 0.165 e. The van der Waals surface area contributed by atoms with Crippen molar-refractivity contribution in [3.05, 3.63) is 23.0 Å². The van der Waals surface area contributed by atoms with E-state index in [0.29, 0.717) is 13.0 Å². The van der Waals surface area contributed by atoms with Crippen molar-refractivity contribution in [3.63, 3.8) is 0 Å². The highest BCUT2D eigenvalue weighted by molar-refractivity contribution is 5.99. The van der Waals surface area contributed by atoms with E-state index in [-0.39, 0.29) is 17.3 Å². The molecule has 1 aromatic rings. The third kappa shape index (κ3) is 3.08. The second-order valence-corrected chi connectivity index (χ2v) is 6.66. The standard InChI is InChI=1S/C16H25NO2/c1-11(2)19-7-6-17-12(3)8-13-14(17)9-16(4,5)10-15(13)18/h8,11H,6-7,9-10H2,1-5H3. The summed E-state index contributed by atoms with van der Waals surface area (Å²) in [5, 5.41) is 0. The van der Waals surface area contributed by atoms with Gasteiger partial charge in [0, 0.05) is 29.9 Å². The quantitative estimate of drug-likeness (QED) is 0.834. The summed E-state index contributed by atoms with van der Waals surface area (Å²) in [6, 6.07) is 2.04. The van der Waals surface area contributed by atoms with E-state index in [1.807, 2.05) is 19.9 Å². The Morgan fingerprint density at radius 3 is 2.68 bits per heavy atom. The Labute approximate surface area is 115 Å². The lowest BCUT2D eigenvalue weighted by Crippen LogP contribution is -2.28. The van der Waals surface area contributed by atoms with Crippen molar-refractivity contribution >= 4 is 5.78 Å². The van der Waals surface area contributed by atoms with Gasteiger partial charge in [-0.2, -0.15) is 0 Å². The Bertz CT molecular complexity index is 483. The molecule has 0 aromatic carbocycles. The topological polar surface area (TPSA) is 31.2 Å². The molecule has 0 amide bonds. The first-order valence-corrected chi connectivity index (χ1v) is 7.14. The zero-order valence-electron chi connectivity index (χ0n) is 12.7. The lowest BCUT2D eigenvalue weighted by atomic mass is 9.76. The molecule has 0 saturated carbocycles. The minimum Gasteiger partial charge on any atom is -0.377 e. The molecule has 3 nitrogen and oxygen atoms in total. The summed E-state index contributed by atoms with van der Waals surface area (Å²) in [7, 11) is 0. The van der Waals surface area contributed by atoms with Crippen molar-refractivity contribution in [2.24, 2.45) is 5.41 Å².